The highest BCUT2D eigenvalue weighted by Crippen LogP contribution is 2.30. The number of hydrogen-bond acceptors (Lipinski definition) is 2. The minimum Gasteiger partial charge on any atom is -0.366 e. The lowest BCUT2D eigenvalue weighted by Gasteiger charge is -2.30. The van der Waals surface area contributed by atoms with Crippen molar-refractivity contribution in [3.05, 3.63) is 64.9 Å². The maximum Gasteiger partial charge on any atom is 0.124 e. The van der Waals surface area contributed by atoms with Crippen LogP contribution in [0.2, 0.25) is 5.02 Å². The lowest BCUT2D eigenvalue weighted by molar-refractivity contribution is 0.623. The van der Waals surface area contributed by atoms with E-state index in [1.807, 2.05) is 42.3 Å². The third-order valence-corrected chi connectivity index (χ3v) is 3.50. The molecule has 0 saturated heterocycles. The average molecular weight is 279 g/mol. The Morgan fingerprint density at radius 2 is 1.89 bits per heavy atom. The van der Waals surface area contributed by atoms with E-state index >= 15 is 0 Å². The summed E-state index contributed by atoms with van der Waals surface area (Å²) < 4.78 is 13.1. The second-order valence-corrected chi connectivity index (χ2v) is 4.77. The van der Waals surface area contributed by atoms with Gasteiger partial charge in [0.15, 0.2) is 0 Å². The van der Waals surface area contributed by atoms with Gasteiger partial charge in [-0.25, -0.2) is 4.39 Å². The molecule has 0 aromatic heterocycles. The first-order chi connectivity index (χ1) is 9.13. The maximum atomic E-state index is 13.1. The number of hydrogen-bond donors (Lipinski definition) is 1. The lowest BCUT2D eigenvalue weighted by Crippen LogP contribution is -2.30. The van der Waals surface area contributed by atoms with Gasteiger partial charge in [0, 0.05) is 24.3 Å². The number of rotatable bonds is 4. The van der Waals surface area contributed by atoms with Gasteiger partial charge < -0.3 is 10.6 Å². The molecular weight excluding hydrogens is 263 g/mol. The fourth-order valence-electron chi connectivity index (χ4n) is 2.11. The molecule has 0 aliphatic heterocycles. The summed E-state index contributed by atoms with van der Waals surface area (Å²) in [6.07, 6.45) is 0. The molecule has 1 atom stereocenters. The van der Waals surface area contributed by atoms with Gasteiger partial charge in [-0.3, -0.25) is 0 Å². The number of anilines is 1. The van der Waals surface area contributed by atoms with Gasteiger partial charge in [-0.05, 0) is 29.8 Å². The first kappa shape index (κ1) is 13.8. The monoisotopic (exact) mass is 278 g/mol. The second kappa shape index (κ2) is 6.04. The zero-order chi connectivity index (χ0) is 13.8. The van der Waals surface area contributed by atoms with Crippen LogP contribution in [0.25, 0.3) is 0 Å². The molecular formula is C15H16ClFN2. The first-order valence-corrected chi connectivity index (χ1v) is 6.44. The maximum absolute atomic E-state index is 13.1. The van der Waals surface area contributed by atoms with Crippen molar-refractivity contribution in [3.63, 3.8) is 0 Å². The van der Waals surface area contributed by atoms with E-state index in [0.717, 1.165) is 11.3 Å². The summed E-state index contributed by atoms with van der Waals surface area (Å²) in [5.41, 5.74) is 7.73. The molecule has 0 radical (unpaired) electrons. The number of para-hydroxylation sites is 1. The molecule has 0 bridgehead atoms. The van der Waals surface area contributed by atoms with Gasteiger partial charge in [-0.1, -0.05) is 35.9 Å². The number of likely N-dealkylation sites (N-methyl/N-ethyl adjacent to an activating group) is 1. The van der Waals surface area contributed by atoms with Crippen LogP contribution in [0.15, 0.2) is 48.5 Å². The van der Waals surface area contributed by atoms with E-state index in [9.17, 15) is 4.39 Å². The number of halogens is 2. The third kappa shape index (κ3) is 3.06. The predicted molar refractivity (Wildman–Crippen MR) is 78.1 cm³/mol. The van der Waals surface area contributed by atoms with E-state index in [4.69, 9.17) is 17.3 Å². The second-order valence-electron chi connectivity index (χ2n) is 4.36. The van der Waals surface area contributed by atoms with E-state index in [1.54, 1.807) is 6.07 Å². The van der Waals surface area contributed by atoms with Gasteiger partial charge in [0.25, 0.3) is 0 Å². The molecule has 0 spiro atoms. The highest BCUT2D eigenvalue weighted by molar-refractivity contribution is 6.31. The van der Waals surface area contributed by atoms with Crippen molar-refractivity contribution in [1.29, 1.82) is 0 Å². The zero-order valence-electron chi connectivity index (χ0n) is 10.7. The van der Waals surface area contributed by atoms with Crippen LogP contribution in [0.1, 0.15) is 11.6 Å². The van der Waals surface area contributed by atoms with Crippen molar-refractivity contribution < 1.29 is 4.39 Å². The first-order valence-electron chi connectivity index (χ1n) is 6.06. The molecule has 2 aromatic rings. The number of nitrogens with two attached hydrogens (primary N) is 1. The minimum absolute atomic E-state index is 0.0875. The Morgan fingerprint density at radius 1 is 1.21 bits per heavy atom. The topological polar surface area (TPSA) is 29.3 Å². The van der Waals surface area contributed by atoms with Crippen LogP contribution in [0.3, 0.4) is 0 Å². The summed E-state index contributed by atoms with van der Waals surface area (Å²) >= 11 is 6.11. The van der Waals surface area contributed by atoms with Crippen molar-refractivity contribution >= 4 is 17.3 Å². The summed E-state index contributed by atoms with van der Waals surface area (Å²) in [4.78, 5) is 2.04. The molecule has 2 aromatic carbocycles. The summed E-state index contributed by atoms with van der Waals surface area (Å²) in [6.45, 7) is 0.400. The smallest absolute Gasteiger partial charge is 0.124 e. The fourth-order valence-corrected chi connectivity index (χ4v) is 2.40. The molecule has 0 aliphatic carbocycles. The minimum atomic E-state index is -0.341. The highest BCUT2D eigenvalue weighted by Gasteiger charge is 2.18. The van der Waals surface area contributed by atoms with E-state index in [0.29, 0.717) is 11.6 Å². The Labute approximate surface area is 117 Å². The molecule has 19 heavy (non-hydrogen) atoms. The Morgan fingerprint density at radius 3 is 2.47 bits per heavy atom. The number of benzene rings is 2. The summed E-state index contributed by atoms with van der Waals surface area (Å²) in [5.74, 6) is -0.341. The molecule has 2 rings (SSSR count). The van der Waals surface area contributed by atoms with Gasteiger partial charge in [-0.15, -0.1) is 0 Å². The standard InChI is InChI=1S/C15H16ClFN2/c1-19(12-5-3-2-4-6-12)15(10-18)13-8-7-11(17)9-14(13)16/h2-9,15H,10,18H2,1H3. The molecule has 2 nitrogen and oxygen atoms in total. The normalized spacial score (nSPS) is 12.2. The van der Waals surface area contributed by atoms with Gasteiger partial charge in [0.1, 0.15) is 5.82 Å². The van der Waals surface area contributed by atoms with E-state index in [-0.39, 0.29) is 11.9 Å². The van der Waals surface area contributed by atoms with Crippen molar-refractivity contribution in [3.8, 4) is 0 Å². The van der Waals surface area contributed by atoms with Crippen molar-refractivity contribution in [1.82, 2.24) is 0 Å². The molecule has 0 fully saturated rings. The zero-order valence-corrected chi connectivity index (χ0v) is 11.4. The Hall–Kier alpha value is -1.58. The SMILES string of the molecule is CN(c1ccccc1)C(CN)c1ccc(F)cc1Cl. The van der Waals surface area contributed by atoms with Gasteiger partial charge in [0.05, 0.1) is 6.04 Å². The quantitative estimate of drug-likeness (QED) is 0.926. The van der Waals surface area contributed by atoms with Gasteiger partial charge in [-0.2, -0.15) is 0 Å². The van der Waals surface area contributed by atoms with Crippen LogP contribution < -0.4 is 10.6 Å². The van der Waals surface area contributed by atoms with Gasteiger partial charge in [0.2, 0.25) is 0 Å². The van der Waals surface area contributed by atoms with E-state index < -0.39 is 0 Å². The molecule has 0 amide bonds. The fraction of sp³-hybridized carbons (Fsp3) is 0.200. The van der Waals surface area contributed by atoms with Crippen LogP contribution in [0, 0.1) is 5.82 Å². The van der Waals surface area contributed by atoms with E-state index in [2.05, 4.69) is 0 Å². The van der Waals surface area contributed by atoms with Crippen molar-refractivity contribution in [2.75, 3.05) is 18.5 Å². The summed E-state index contributed by atoms with van der Waals surface area (Å²) in [7, 11) is 1.95. The van der Waals surface area contributed by atoms with Crippen LogP contribution in [-0.2, 0) is 0 Å². The Balaban J connectivity index is 2.34. The van der Waals surface area contributed by atoms with E-state index in [1.165, 1.54) is 12.1 Å². The van der Waals surface area contributed by atoms with Crippen LogP contribution in [0.4, 0.5) is 10.1 Å². The summed E-state index contributed by atoms with van der Waals surface area (Å²) in [6, 6.07) is 14.2. The van der Waals surface area contributed by atoms with Crippen molar-refractivity contribution in [2.24, 2.45) is 5.73 Å². The molecule has 2 N–H and O–H groups in total. The van der Waals surface area contributed by atoms with Crippen LogP contribution >= 0.6 is 11.6 Å². The molecule has 0 aliphatic rings. The Bertz CT molecular complexity index is 545. The summed E-state index contributed by atoms with van der Waals surface area (Å²) in [5, 5.41) is 0.401. The average Bonchev–Trinajstić information content (AvgIpc) is 2.42. The third-order valence-electron chi connectivity index (χ3n) is 3.18. The number of nitrogens with zero attached hydrogens (tertiary/aromatic N) is 1. The molecule has 4 heteroatoms. The van der Waals surface area contributed by atoms with Crippen molar-refractivity contribution in [2.45, 2.75) is 6.04 Å². The molecule has 1 unspecified atom stereocenters. The Kier molecular flexibility index (Phi) is 4.40. The highest BCUT2D eigenvalue weighted by atomic mass is 35.5. The van der Waals surface area contributed by atoms with Gasteiger partial charge >= 0.3 is 0 Å². The van der Waals surface area contributed by atoms with Crippen LogP contribution in [-0.4, -0.2) is 13.6 Å². The molecule has 0 saturated carbocycles. The molecule has 100 valence electrons. The largest absolute Gasteiger partial charge is 0.366 e. The van der Waals surface area contributed by atoms with Crippen LogP contribution in [0.5, 0.6) is 0 Å². The predicted octanol–water partition coefficient (Wildman–Crippen LogP) is 3.62. The lowest BCUT2D eigenvalue weighted by atomic mass is 10.0. The molecule has 0 heterocycles.